The van der Waals surface area contributed by atoms with E-state index in [1.54, 1.807) is 23.6 Å². The highest BCUT2D eigenvalue weighted by Gasteiger charge is 2.31. The molecule has 0 aliphatic carbocycles. The molecule has 0 saturated carbocycles. The molecule has 1 aliphatic heterocycles. The van der Waals surface area contributed by atoms with Gasteiger partial charge in [-0.1, -0.05) is 0 Å². The number of piperazine rings is 1. The zero-order valence-corrected chi connectivity index (χ0v) is 12.1. The van der Waals surface area contributed by atoms with E-state index in [0.717, 1.165) is 5.56 Å². The van der Waals surface area contributed by atoms with Crippen molar-refractivity contribution in [2.24, 2.45) is 5.73 Å². The van der Waals surface area contributed by atoms with Gasteiger partial charge in [0.25, 0.3) is 5.91 Å². The lowest BCUT2D eigenvalue weighted by Crippen LogP contribution is -2.57. The van der Waals surface area contributed by atoms with Gasteiger partial charge >= 0.3 is 0 Å². The van der Waals surface area contributed by atoms with E-state index < -0.39 is 5.54 Å². The maximum absolute atomic E-state index is 12.1. The number of amides is 2. The smallest absolute Gasteiger partial charge is 0.254 e. The minimum atomic E-state index is -0.848. The van der Waals surface area contributed by atoms with E-state index in [1.807, 2.05) is 16.8 Å². The van der Waals surface area contributed by atoms with Crippen LogP contribution in [0.4, 0.5) is 0 Å². The van der Waals surface area contributed by atoms with Crippen molar-refractivity contribution in [3.8, 4) is 0 Å². The zero-order chi connectivity index (χ0) is 14.0. The Labute approximate surface area is 117 Å². The standard InChI is InChI=1S/C13H19N3O2S/c1-13(2,14)12(18)16-6-4-15(5-7-16)11(17)10-3-8-19-9-10/h3,8-9H,4-7,14H2,1-2H3. The molecule has 0 aromatic carbocycles. The predicted octanol–water partition coefficient (Wildman–Crippen LogP) is 0.770. The molecule has 0 spiro atoms. The molecule has 0 unspecified atom stereocenters. The van der Waals surface area contributed by atoms with E-state index in [0.29, 0.717) is 26.2 Å². The summed E-state index contributed by atoms with van der Waals surface area (Å²) in [5.74, 6) is -0.0181. The Morgan fingerprint density at radius 2 is 1.79 bits per heavy atom. The molecular weight excluding hydrogens is 262 g/mol. The van der Waals surface area contributed by atoms with Crippen molar-refractivity contribution >= 4 is 23.2 Å². The van der Waals surface area contributed by atoms with Crippen molar-refractivity contribution in [1.82, 2.24) is 9.80 Å². The van der Waals surface area contributed by atoms with Crippen LogP contribution in [0.1, 0.15) is 24.2 Å². The lowest BCUT2D eigenvalue weighted by molar-refractivity contribution is -0.137. The molecule has 0 atom stereocenters. The molecule has 2 N–H and O–H groups in total. The minimum Gasteiger partial charge on any atom is -0.338 e. The van der Waals surface area contributed by atoms with Crippen LogP contribution in [0.5, 0.6) is 0 Å². The van der Waals surface area contributed by atoms with Gasteiger partial charge in [0.1, 0.15) is 0 Å². The first-order valence-electron chi connectivity index (χ1n) is 6.29. The third-order valence-corrected chi connectivity index (χ3v) is 3.86. The molecule has 0 radical (unpaired) electrons. The first-order chi connectivity index (χ1) is 8.89. The fourth-order valence-electron chi connectivity index (χ4n) is 2.09. The molecule has 1 fully saturated rings. The van der Waals surface area contributed by atoms with Crippen LogP contribution in [-0.2, 0) is 4.79 Å². The summed E-state index contributed by atoms with van der Waals surface area (Å²) in [6.07, 6.45) is 0. The fourth-order valence-corrected chi connectivity index (χ4v) is 2.72. The molecule has 2 amide bonds. The van der Waals surface area contributed by atoms with Crippen LogP contribution in [0, 0.1) is 0 Å². The van der Waals surface area contributed by atoms with Crippen molar-refractivity contribution in [3.05, 3.63) is 22.4 Å². The number of nitrogens with zero attached hydrogens (tertiary/aromatic N) is 2. The Bertz CT molecular complexity index is 457. The Kier molecular flexibility index (Phi) is 3.91. The summed E-state index contributed by atoms with van der Waals surface area (Å²) < 4.78 is 0. The number of thiophene rings is 1. The van der Waals surface area contributed by atoms with Crippen LogP contribution in [0.25, 0.3) is 0 Å². The molecule has 1 aliphatic rings. The molecule has 104 valence electrons. The molecule has 5 nitrogen and oxygen atoms in total. The highest BCUT2D eigenvalue weighted by atomic mass is 32.1. The van der Waals surface area contributed by atoms with Gasteiger partial charge in [-0.15, -0.1) is 0 Å². The second-order valence-electron chi connectivity index (χ2n) is 5.32. The van der Waals surface area contributed by atoms with Gasteiger partial charge in [-0.3, -0.25) is 9.59 Å². The zero-order valence-electron chi connectivity index (χ0n) is 11.3. The predicted molar refractivity (Wildman–Crippen MR) is 75.1 cm³/mol. The van der Waals surface area contributed by atoms with E-state index in [2.05, 4.69) is 0 Å². The number of hydrogen-bond donors (Lipinski definition) is 1. The average Bonchev–Trinajstić information content (AvgIpc) is 2.90. The van der Waals surface area contributed by atoms with Crippen LogP contribution in [0.3, 0.4) is 0 Å². The maximum atomic E-state index is 12.1. The van der Waals surface area contributed by atoms with E-state index >= 15 is 0 Å². The number of rotatable bonds is 2. The van der Waals surface area contributed by atoms with Crippen molar-refractivity contribution in [3.63, 3.8) is 0 Å². The number of hydrogen-bond acceptors (Lipinski definition) is 4. The summed E-state index contributed by atoms with van der Waals surface area (Å²) >= 11 is 1.51. The summed E-state index contributed by atoms with van der Waals surface area (Å²) in [4.78, 5) is 27.7. The van der Waals surface area contributed by atoms with Crippen LogP contribution in [-0.4, -0.2) is 53.3 Å². The molecular formula is C13H19N3O2S. The van der Waals surface area contributed by atoms with Crippen molar-refractivity contribution in [2.45, 2.75) is 19.4 Å². The van der Waals surface area contributed by atoms with Gasteiger partial charge in [-0.05, 0) is 25.3 Å². The topological polar surface area (TPSA) is 66.6 Å². The van der Waals surface area contributed by atoms with Gasteiger partial charge in [0.05, 0.1) is 11.1 Å². The Hall–Kier alpha value is -1.40. The quantitative estimate of drug-likeness (QED) is 0.870. The van der Waals surface area contributed by atoms with E-state index in [9.17, 15) is 9.59 Å². The van der Waals surface area contributed by atoms with Crippen molar-refractivity contribution in [1.29, 1.82) is 0 Å². The maximum Gasteiger partial charge on any atom is 0.254 e. The van der Waals surface area contributed by atoms with Gasteiger partial charge in [0.15, 0.2) is 0 Å². The normalized spacial score (nSPS) is 16.6. The summed E-state index contributed by atoms with van der Waals surface area (Å²) in [7, 11) is 0. The Morgan fingerprint density at radius 1 is 1.21 bits per heavy atom. The summed E-state index contributed by atoms with van der Waals surface area (Å²) in [5.41, 5.74) is 5.69. The number of nitrogens with two attached hydrogens (primary N) is 1. The van der Waals surface area contributed by atoms with Crippen LogP contribution < -0.4 is 5.73 Å². The molecule has 19 heavy (non-hydrogen) atoms. The van der Waals surface area contributed by atoms with Gasteiger partial charge < -0.3 is 15.5 Å². The van der Waals surface area contributed by atoms with Crippen molar-refractivity contribution < 1.29 is 9.59 Å². The van der Waals surface area contributed by atoms with Crippen molar-refractivity contribution in [2.75, 3.05) is 26.2 Å². The average molecular weight is 281 g/mol. The SMILES string of the molecule is CC(C)(N)C(=O)N1CCN(C(=O)c2ccsc2)CC1. The second-order valence-corrected chi connectivity index (χ2v) is 6.10. The summed E-state index contributed by atoms with van der Waals surface area (Å²) in [5, 5.41) is 3.74. The Morgan fingerprint density at radius 3 is 2.26 bits per heavy atom. The highest BCUT2D eigenvalue weighted by Crippen LogP contribution is 2.13. The molecule has 2 rings (SSSR count). The van der Waals surface area contributed by atoms with Gasteiger partial charge in [-0.25, -0.2) is 0 Å². The lowest BCUT2D eigenvalue weighted by Gasteiger charge is -2.37. The van der Waals surface area contributed by atoms with E-state index in [-0.39, 0.29) is 11.8 Å². The van der Waals surface area contributed by atoms with Gasteiger partial charge in [0, 0.05) is 31.6 Å². The monoisotopic (exact) mass is 281 g/mol. The first-order valence-corrected chi connectivity index (χ1v) is 7.23. The minimum absolute atomic E-state index is 0.0420. The molecule has 1 aromatic rings. The van der Waals surface area contributed by atoms with Gasteiger partial charge in [-0.2, -0.15) is 11.3 Å². The highest BCUT2D eigenvalue weighted by molar-refractivity contribution is 7.08. The van der Waals surface area contributed by atoms with Gasteiger partial charge in [0.2, 0.25) is 5.91 Å². The summed E-state index contributed by atoms with van der Waals surface area (Å²) in [6.45, 7) is 5.65. The molecule has 6 heteroatoms. The molecule has 1 aromatic heterocycles. The molecule has 1 saturated heterocycles. The largest absolute Gasteiger partial charge is 0.338 e. The van der Waals surface area contributed by atoms with E-state index in [1.165, 1.54) is 11.3 Å². The second kappa shape index (κ2) is 5.30. The first kappa shape index (κ1) is 14.0. The summed E-state index contributed by atoms with van der Waals surface area (Å²) in [6, 6.07) is 1.83. The third kappa shape index (κ3) is 3.13. The number of carbonyl (C=O) groups is 2. The van der Waals surface area contributed by atoms with Crippen LogP contribution in [0.15, 0.2) is 16.8 Å². The van der Waals surface area contributed by atoms with Crippen LogP contribution in [0.2, 0.25) is 0 Å². The molecule has 2 heterocycles. The van der Waals surface area contributed by atoms with E-state index in [4.69, 9.17) is 5.73 Å². The Balaban J connectivity index is 1.93. The fraction of sp³-hybridized carbons (Fsp3) is 0.538. The molecule has 0 bridgehead atoms. The lowest BCUT2D eigenvalue weighted by atomic mass is 10.0. The third-order valence-electron chi connectivity index (χ3n) is 3.17. The van der Waals surface area contributed by atoms with Crippen LogP contribution >= 0.6 is 11.3 Å². The number of carbonyl (C=O) groups excluding carboxylic acids is 2.